The largest absolute Gasteiger partial charge is 0.486 e. The summed E-state index contributed by atoms with van der Waals surface area (Å²) >= 11 is 0. The first-order valence-electron chi connectivity index (χ1n) is 8.58. The molecule has 2 aromatic rings. The van der Waals surface area contributed by atoms with Crippen LogP contribution in [0.1, 0.15) is 28.8 Å². The predicted molar refractivity (Wildman–Crippen MR) is 94.9 cm³/mol. The number of benzene rings is 2. The first-order valence-corrected chi connectivity index (χ1v) is 8.58. The Kier molecular flexibility index (Phi) is 4.20. The number of nitro groups is 1. The lowest BCUT2D eigenvalue weighted by Gasteiger charge is -2.21. The second kappa shape index (κ2) is 6.67. The first kappa shape index (κ1) is 16.4. The highest BCUT2D eigenvalue weighted by Crippen LogP contribution is 2.40. The number of hydrogen-bond acceptors (Lipinski definition) is 5. The topological polar surface area (TPSA) is 90.7 Å². The van der Waals surface area contributed by atoms with Gasteiger partial charge in [0.05, 0.1) is 4.92 Å². The Morgan fingerprint density at radius 1 is 1.12 bits per heavy atom. The highest BCUT2D eigenvalue weighted by molar-refractivity contribution is 6.05. The molecular weight excluding hydrogens is 336 g/mol. The van der Waals surface area contributed by atoms with Crippen molar-refractivity contribution in [3.63, 3.8) is 0 Å². The van der Waals surface area contributed by atoms with Gasteiger partial charge in [-0.25, -0.2) is 0 Å². The molecule has 0 bridgehead atoms. The molecule has 1 N–H and O–H groups in total. The van der Waals surface area contributed by atoms with Gasteiger partial charge in [0.2, 0.25) is 0 Å². The van der Waals surface area contributed by atoms with Crippen LogP contribution in [0.25, 0.3) is 0 Å². The molecule has 26 heavy (non-hydrogen) atoms. The predicted octanol–water partition coefficient (Wildman–Crippen LogP) is 3.57. The number of nitro benzene ring substituents is 1. The maximum Gasteiger partial charge on any atom is 0.269 e. The molecule has 2 aliphatic rings. The normalized spacial score (nSPS) is 15.4. The molecule has 7 heteroatoms. The van der Waals surface area contributed by atoms with Gasteiger partial charge in [-0.1, -0.05) is 0 Å². The van der Waals surface area contributed by atoms with E-state index in [0.29, 0.717) is 41.9 Å². The summed E-state index contributed by atoms with van der Waals surface area (Å²) in [4.78, 5) is 22.8. The fourth-order valence-corrected chi connectivity index (χ4v) is 2.98. The van der Waals surface area contributed by atoms with E-state index >= 15 is 0 Å². The number of carbonyl (C=O) groups is 1. The van der Waals surface area contributed by atoms with Gasteiger partial charge >= 0.3 is 0 Å². The Morgan fingerprint density at radius 2 is 1.77 bits per heavy atom. The van der Waals surface area contributed by atoms with E-state index in [2.05, 4.69) is 5.32 Å². The van der Waals surface area contributed by atoms with Gasteiger partial charge in [-0.05, 0) is 48.9 Å². The molecule has 1 aliphatic carbocycles. The zero-order chi connectivity index (χ0) is 18.1. The molecule has 1 aliphatic heterocycles. The van der Waals surface area contributed by atoms with E-state index in [9.17, 15) is 14.9 Å². The molecule has 0 saturated heterocycles. The van der Waals surface area contributed by atoms with Crippen molar-refractivity contribution < 1.29 is 19.2 Å². The van der Waals surface area contributed by atoms with Crippen molar-refractivity contribution in [1.82, 2.24) is 0 Å². The summed E-state index contributed by atoms with van der Waals surface area (Å²) < 4.78 is 11.3. The zero-order valence-electron chi connectivity index (χ0n) is 14.1. The standard InChI is InChI=1S/C19H18N2O5/c22-19(13-3-5-15(6-4-13)21(23)24)20-16-11-18-17(25-7-8-26-18)10-14(16)9-12-1-2-12/h3-6,10-12H,1-2,7-9H2,(H,20,22). The molecule has 2 aromatic carbocycles. The molecule has 7 nitrogen and oxygen atoms in total. The molecule has 134 valence electrons. The SMILES string of the molecule is O=C(Nc1cc2c(cc1CC1CC1)OCCO2)c1ccc([N+](=O)[O-])cc1. The van der Waals surface area contributed by atoms with Crippen molar-refractivity contribution in [2.45, 2.75) is 19.3 Å². The number of fused-ring (bicyclic) bond motifs is 1. The monoisotopic (exact) mass is 354 g/mol. The van der Waals surface area contributed by atoms with E-state index < -0.39 is 4.92 Å². The van der Waals surface area contributed by atoms with Crippen LogP contribution in [-0.2, 0) is 6.42 Å². The van der Waals surface area contributed by atoms with Crippen molar-refractivity contribution in [3.05, 3.63) is 57.6 Å². The molecule has 1 heterocycles. The van der Waals surface area contributed by atoms with E-state index in [4.69, 9.17) is 9.47 Å². The molecule has 4 rings (SSSR count). The summed E-state index contributed by atoms with van der Waals surface area (Å²) in [5.74, 6) is 1.66. The third-order valence-electron chi connectivity index (χ3n) is 4.56. The minimum absolute atomic E-state index is 0.0460. The van der Waals surface area contributed by atoms with Gasteiger partial charge < -0.3 is 14.8 Å². The minimum Gasteiger partial charge on any atom is -0.486 e. The molecule has 0 atom stereocenters. The molecular formula is C19H18N2O5. The highest BCUT2D eigenvalue weighted by Gasteiger charge is 2.25. The van der Waals surface area contributed by atoms with E-state index in [1.165, 1.54) is 37.1 Å². The van der Waals surface area contributed by atoms with Crippen LogP contribution < -0.4 is 14.8 Å². The number of amides is 1. The molecule has 1 fully saturated rings. The fraction of sp³-hybridized carbons (Fsp3) is 0.316. The average molecular weight is 354 g/mol. The Balaban J connectivity index is 1.59. The van der Waals surface area contributed by atoms with Crippen molar-refractivity contribution in [2.24, 2.45) is 5.92 Å². The molecule has 0 aromatic heterocycles. The van der Waals surface area contributed by atoms with E-state index in [-0.39, 0.29) is 11.6 Å². The van der Waals surface area contributed by atoms with Crippen LogP contribution in [0.3, 0.4) is 0 Å². The second-order valence-corrected chi connectivity index (χ2v) is 6.56. The van der Waals surface area contributed by atoms with Crippen LogP contribution in [0, 0.1) is 16.0 Å². The molecule has 0 spiro atoms. The summed E-state index contributed by atoms with van der Waals surface area (Å²) in [5.41, 5.74) is 2.04. The van der Waals surface area contributed by atoms with Crippen molar-refractivity contribution >= 4 is 17.3 Å². The van der Waals surface area contributed by atoms with Gasteiger partial charge in [0.25, 0.3) is 11.6 Å². The molecule has 0 unspecified atom stereocenters. The Hall–Kier alpha value is -3.09. The van der Waals surface area contributed by atoms with Crippen LogP contribution in [0.2, 0.25) is 0 Å². The zero-order valence-corrected chi connectivity index (χ0v) is 14.1. The van der Waals surface area contributed by atoms with Gasteiger partial charge in [0.1, 0.15) is 13.2 Å². The van der Waals surface area contributed by atoms with Crippen LogP contribution in [0.5, 0.6) is 11.5 Å². The smallest absolute Gasteiger partial charge is 0.269 e. The van der Waals surface area contributed by atoms with Crippen molar-refractivity contribution in [2.75, 3.05) is 18.5 Å². The lowest BCUT2D eigenvalue weighted by molar-refractivity contribution is -0.384. The van der Waals surface area contributed by atoms with E-state index in [1.807, 2.05) is 6.07 Å². The summed E-state index contributed by atoms with van der Waals surface area (Å²) in [6.07, 6.45) is 3.28. The quantitative estimate of drug-likeness (QED) is 0.655. The lowest BCUT2D eigenvalue weighted by atomic mass is 10.0. The number of hydrogen-bond donors (Lipinski definition) is 1. The number of rotatable bonds is 5. The summed E-state index contributed by atoms with van der Waals surface area (Å²) in [7, 11) is 0. The van der Waals surface area contributed by atoms with Crippen LogP contribution in [0.4, 0.5) is 11.4 Å². The Morgan fingerprint density at radius 3 is 2.38 bits per heavy atom. The minimum atomic E-state index is -0.490. The summed E-state index contributed by atoms with van der Waals surface area (Å²) in [6, 6.07) is 9.29. The average Bonchev–Trinajstić information content (AvgIpc) is 3.46. The maximum atomic E-state index is 12.6. The number of nitrogens with zero attached hydrogens (tertiary/aromatic N) is 1. The number of carbonyl (C=O) groups excluding carboxylic acids is 1. The van der Waals surface area contributed by atoms with Gasteiger partial charge in [0, 0.05) is 29.4 Å². The fourth-order valence-electron chi connectivity index (χ4n) is 2.98. The van der Waals surface area contributed by atoms with Crippen LogP contribution in [-0.4, -0.2) is 24.0 Å². The third-order valence-corrected chi connectivity index (χ3v) is 4.56. The van der Waals surface area contributed by atoms with Crippen molar-refractivity contribution in [3.8, 4) is 11.5 Å². The highest BCUT2D eigenvalue weighted by atomic mass is 16.6. The number of ether oxygens (including phenoxy) is 2. The third kappa shape index (κ3) is 3.46. The Labute approximate surface area is 150 Å². The number of anilines is 1. The van der Waals surface area contributed by atoms with Gasteiger partial charge in [-0.3, -0.25) is 14.9 Å². The first-order chi connectivity index (χ1) is 12.6. The van der Waals surface area contributed by atoms with Crippen LogP contribution >= 0.6 is 0 Å². The Bertz CT molecular complexity index is 859. The maximum absolute atomic E-state index is 12.6. The summed E-state index contributed by atoms with van der Waals surface area (Å²) in [6.45, 7) is 0.995. The number of non-ortho nitro benzene ring substituents is 1. The van der Waals surface area contributed by atoms with Crippen LogP contribution in [0.15, 0.2) is 36.4 Å². The van der Waals surface area contributed by atoms with Gasteiger partial charge in [-0.2, -0.15) is 0 Å². The lowest BCUT2D eigenvalue weighted by Crippen LogP contribution is -2.18. The van der Waals surface area contributed by atoms with E-state index in [1.54, 1.807) is 6.07 Å². The second-order valence-electron chi connectivity index (χ2n) is 6.56. The van der Waals surface area contributed by atoms with Gasteiger partial charge in [0.15, 0.2) is 11.5 Å². The van der Waals surface area contributed by atoms with E-state index in [0.717, 1.165) is 12.0 Å². The molecule has 1 saturated carbocycles. The molecule has 0 radical (unpaired) electrons. The van der Waals surface area contributed by atoms with Gasteiger partial charge in [-0.15, -0.1) is 0 Å². The summed E-state index contributed by atoms with van der Waals surface area (Å²) in [5, 5.41) is 13.7. The number of nitrogens with one attached hydrogen (secondary N) is 1. The molecule has 1 amide bonds. The van der Waals surface area contributed by atoms with Crippen molar-refractivity contribution in [1.29, 1.82) is 0 Å².